The van der Waals surface area contributed by atoms with Crippen LogP contribution in [0.4, 0.5) is 13.2 Å². The first-order valence-electron chi connectivity index (χ1n) is 2.90. The molecule has 11 heavy (non-hydrogen) atoms. The average molecular weight is 184 g/mol. The number of rotatable bonds is 0. The molecule has 0 aromatic rings. The zero-order chi connectivity index (χ0) is 8.65. The third kappa shape index (κ3) is 1.81. The fourth-order valence-electron chi connectivity index (χ4n) is 0.574. The Hall–Kier alpha value is -0.360. The summed E-state index contributed by atoms with van der Waals surface area (Å²) in [4.78, 5) is 0.641. The molecule has 1 heterocycles. The molecule has 0 aromatic heterocycles. The van der Waals surface area contributed by atoms with Crippen LogP contribution in [0.15, 0.2) is 10.6 Å². The molecule has 0 radical (unpaired) electrons. The third-order valence-corrected chi connectivity index (χ3v) is 2.32. The van der Waals surface area contributed by atoms with Gasteiger partial charge >= 0.3 is 6.30 Å². The van der Waals surface area contributed by atoms with Crippen LogP contribution in [0.3, 0.4) is 0 Å². The van der Waals surface area contributed by atoms with Crippen LogP contribution in [0, 0.1) is 0 Å². The molecule has 1 aliphatic heterocycles. The van der Waals surface area contributed by atoms with Crippen molar-refractivity contribution in [2.45, 2.75) is 20.1 Å². The number of nitrogens with zero attached hydrogens (tertiary/aromatic N) is 1. The number of hydrazine groups is 1. The molecule has 0 unspecified atom stereocenters. The molecule has 1 rings (SSSR count). The molecule has 6 heteroatoms. The third-order valence-electron chi connectivity index (χ3n) is 1.26. The number of allylic oxidation sites excluding steroid dienone is 2. The lowest BCUT2D eigenvalue weighted by Gasteiger charge is -2.17. The lowest BCUT2D eigenvalue weighted by molar-refractivity contribution is -0.217. The smallest absolute Gasteiger partial charge is 0.305 e. The van der Waals surface area contributed by atoms with Gasteiger partial charge < -0.3 is 5.43 Å². The van der Waals surface area contributed by atoms with E-state index in [1.807, 2.05) is 0 Å². The molecular formula is C5H7F3N2S. The topological polar surface area (TPSA) is 15.3 Å². The lowest BCUT2D eigenvalue weighted by Crippen LogP contribution is -2.38. The molecule has 1 N–H and O–H groups in total. The maximum atomic E-state index is 11.9. The first-order chi connectivity index (χ1) is 4.91. The van der Waals surface area contributed by atoms with Gasteiger partial charge in [-0.2, -0.15) is 13.2 Å². The van der Waals surface area contributed by atoms with Crippen LogP contribution < -0.4 is 5.43 Å². The minimum atomic E-state index is -4.32. The van der Waals surface area contributed by atoms with E-state index < -0.39 is 6.30 Å². The van der Waals surface area contributed by atoms with Crippen molar-refractivity contribution >= 4 is 11.9 Å². The molecule has 0 saturated heterocycles. The molecule has 0 spiro atoms. The molecule has 0 amide bonds. The van der Waals surface area contributed by atoms with Crippen molar-refractivity contribution in [2.24, 2.45) is 0 Å². The average Bonchev–Trinajstić information content (AvgIpc) is 2.11. The summed E-state index contributed by atoms with van der Waals surface area (Å²) < 4.78 is 35.9. The summed E-state index contributed by atoms with van der Waals surface area (Å²) in [5, 5.41) is 0. The molecule has 0 fully saturated rings. The standard InChI is InChI=1S/C5H7F3N2S/c1-3-4(2)11-10(9-3)5(6,7)8/h9H,1-2H3. The molecule has 0 aromatic carbocycles. The van der Waals surface area contributed by atoms with Crippen molar-refractivity contribution in [3.8, 4) is 0 Å². The summed E-state index contributed by atoms with van der Waals surface area (Å²) >= 11 is 0.657. The van der Waals surface area contributed by atoms with E-state index in [4.69, 9.17) is 0 Å². The van der Waals surface area contributed by atoms with E-state index >= 15 is 0 Å². The van der Waals surface area contributed by atoms with Gasteiger partial charge in [-0.05, 0) is 25.8 Å². The van der Waals surface area contributed by atoms with E-state index in [-0.39, 0.29) is 4.41 Å². The highest BCUT2D eigenvalue weighted by Gasteiger charge is 2.41. The summed E-state index contributed by atoms with van der Waals surface area (Å²) in [5.74, 6) is 0. The number of nitrogens with one attached hydrogen (secondary N) is 1. The summed E-state index contributed by atoms with van der Waals surface area (Å²) in [6.45, 7) is 3.24. The molecule has 0 aliphatic carbocycles. The Balaban J connectivity index is 2.62. The van der Waals surface area contributed by atoms with Gasteiger partial charge in [0.2, 0.25) is 0 Å². The normalized spacial score (nSPS) is 20.8. The quantitative estimate of drug-likeness (QED) is 0.459. The SMILES string of the molecule is CC1=C(C)SN(C(F)(F)F)N1. The van der Waals surface area contributed by atoms with Crippen LogP contribution in [0.25, 0.3) is 0 Å². The summed E-state index contributed by atoms with van der Waals surface area (Å²) in [6.07, 6.45) is -4.32. The first-order valence-corrected chi connectivity index (χ1v) is 3.67. The Kier molecular flexibility index (Phi) is 2.06. The second kappa shape index (κ2) is 2.60. The van der Waals surface area contributed by atoms with Crippen molar-refractivity contribution in [2.75, 3.05) is 0 Å². The maximum Gasteiger partial charge on any atom is 0.487 e. The lowest BCUT2D eigenvalue weighted by atomic mass is 10.5. The zero-order valence-electron chi connectivity index (χ0n) is 5.99. The number of hydrogen-bond acceptors (Lipinski definition) is 3. The molecule has 0 saturated carbocycles. The zero-order valence-corrected chi connectivity index (χ0v) is 6.81. The van der Waals surface area contributed by atoms with Gasteiger partial charge in [0.05, 0.1) is 0 Å². The Morgan fingerprint density at radius 1 is 1.36 bits per heavy atom. The Morgan fingerprint density at radius 3 is 2.09 bits per heavy atom. The van der Waals surface area contributed by atoms with Gasteiger partial charge in [-0.15, -0.1) is 0 Å². The van der Waals surface area contributed by atoms with Gasteiger partial charge in [-0.1, -0.05) is 4.41 Å². The highest BCUT2D eigenvalue weighted by Crippen LogP contribution is 2.36. The van der Waals surface area contributed by atoms with Crippen molar-refractivity contribution in [3.63, 3.8) is 0 Å². The molecule has 2 nitrogen and oxygen atoms in total. The Labute approximate surface area is 66.5 Å². The molecule has 64 valence electrons. The highest BCUT2D eigenvalue weighted by atomic mass is 32.2. The second-order valence-electron chi connectivity index (χ2n) is 2.15. The van der Waals surface area contributed by atoms with E-state index in [1.165, 1.54) is 0 Å². The largest absolute Gasteiger partial charge is 0.487 e. The van der Waals surface area contributed by atoms with Crippen LogP contribution in [0.5, 0.6) is 0 Å². The summed E-state index contributed by atoms with van der Waals surface area (Å²) in [7, 11) is 0. The van der Waals surface area contributed by atoms with E-state index in [9.17, 15) is 13.2 Å². The van der Waals surface area contributed by atoms with Crippen LogP contribution >= 0.6 is 11.9 Å². The predicted molar refractivity (Wildman–Crippen MR) is 37.0 cm³/mol. The van der Waals surface area contributed by atoms with Gasteiger partial charge in [0.15, 0.2) is 0 Å². The number of halogens is 3. The number of hydrogen-bond donors (Lipinski definition) is 1. The minimum Gasteiger partial charge on any atom is -0.305 e. The van der Waals surface area contributed by atoms with E-state index in [0.29, 0.717) is 22.6 Å². The summed E-state index contributed by atoms with van der Waals surface area (Å²) in [6, 6.07) is 0. The first kappa shape index (κ1) is 8.73. The molecule has 0 atom stereocenters. The van der Waals surface area contributed by atoms with Crippen LogP contribution in [0.2, 0.25) is 0 Å². The van der Waals surface area contributed by atoms with Crippen LogP contribution in [-0.2, 0) is 0 Å². The molecular weight excluding hydrogens is 177 g/mol. The van der Waals surface area contributed by atoms with Crippen molar-refractivity contribution in [3.05, 3.63) is 10.6 Å². The van der Waals surface area contributed by atoms with Gasteiger partial charge in [-0.25, -0.2) is 0 Å². The fraction of sp³-hybridized carbons (Fsp3) is 0.600. The van der Waals surface area contributed by atoms with Gasteiger partial charge in [0.1, 0.15) is 0 Å². The number of alkyl halides is 3. The van der Waals surface area contributed by atoms with Crippen molar-refractivity contribution in [1.29, 1.82) is 0 Å². The van der Waals surface area contributed by atoms with Crippen LogP contribution in [-0.4, -0.2) is 10.7 Å². The van der Waals surface area contributed by atoms with Gasteiger partial charge in [-0.3, -0.25) is 0 Å². The molecule has 1 aliphatic rings. The van der Waals surface area contributed by atoms with Crippen molar-refractivity contribution < 1.29 is 13.2 Å². The second-order valence-corrected chi connectivity index (χ2v) is 3.31. The fourth-order valence-corrected chi connectivity index (χ4v) is 1.32. The van der Waals surface area contributed by atoms with Crippen molar-refractivity contribution in [1.82, 2.24) is 9.84 Å². The van der Waals surface area contributed by atoms with Gasteiger partial charge in [0, 0.05) is 10.6 Å². The highest BCUT2D eigenvalue weighted by molar-refractivity contribution is 8.01. The minimum absolute atomic E-state index is 0.178. The Morgan fingerprint density at radius 2 is 1.91 bits per heavy atom. The predicted octanol–water partition coefficient (Wildman–Crippen LogP) is 2.23. The van der Waals surface area contributed by atoms with Crippen LogP contribution in [0.1, 0.15) is 13.8 Å². The summed E-state index contributed by atoms with van der Waals surface area (Å²) in [5.41, 5.74) is 2.74. The maximum absolute atomic E-state index is 11.9. The Bertz CT molecular complexity index is 184. The van der Waals surface area contributed by atoms with E-state index in [0.717, 1.165) is 0 Å². The molecule has 0 bridgehead atoms. The monoisotopic (exact) mass is 184 g/mol. The van der Waals surface area contributed by atoms with E-state index in [1.54, 1.807) is 13.8 Å². The van der Waals surface area contributed by atoms with E-state index in [2.05, 4.69) is 5.43 Å². The van der Waals surface area contributed by atoms with Gasteiger partial charge in [0.25, 0.3) is 0 Å².